The highest BCUT2D eigenvalue weighted by molar-refractivity contribution is 14.1. The average molecular weight is 707 g/mol. The van der Waals surface area contributed by atoms with Crippen LogP contribution >= 0.6 is 22.6 Å². The summed E-state index contributed by atoms with van der Waals surface area (Å²) in [6, 6.07) is 0. The molecule has 0 amide bonds. The molecule has 0 aromatic carbocycles. The highest BCUT2D eigenvalue weighted by atomic mass is 127. The van der Waals surface area contributed by atoms with Crippen LogP contribution in [0.3, 0.4) is 0 Å². The number of rotatable bonds is 37. The van der Waals surface area contributed by atoms with E-state index in [2.05, 4.69) is 28.5 Å². The number of ether oxygens (including phenoxy) is 11. The van der Waals surface area contributed by atoms with Gasteiger partial charge in [0.1, 0.15) is 6.61 Å². The molecule has 0 bridgehead atoms. The van der Waals surface area contributed by atoms with Gasteiger partial charge in [0.25, 0.3) is 0 Å². The van der Waals surface area contributed by atoms with Gasteiger partial charge in [0.05, 0.1) is 132 Å². The van der Waals surface area contributed by atoms with E-state index in [-0.39, 0.29) is 0 Å². The topological polar surface area (TPSA) is 102 Å². The lowest BCUT2D eigenvalue weighted by atomic mass is 10.2. The SMILES string of the molecule is C#CCOCCOCCOCCOCCOCCOCCOCCOCCOCCOCCOCCCCCCI. The Kier molecular flexibility index (Phi) is 39.7. The summed E-state index contributed by atoms with van der Waals surface area (Å²) in [6.45, 7) is 11.8. The number of halogens is 1. The molecule has 0 rings (SSSR count). The van der Waals surface area contributed by atoms with Crippen molar-refractivity contribution in [3.8, 4) is 12.3 Å². The number of unbranched alkanes of at least 4 members (excludes halogenated alkanes) is 3. The van der Waals surface area contributed by atoms with Crippen molar-refractivity contribution >= 4 is 22.6 Å². The predicted molar refractivity (Wildman–Crippen MR) is 165 cm³/mol. The first-order valence-corrected chi connectivity index (χ1v) is 16.3. The molecule has 0 fully saturated rings. The largest absolute Gasteiger partial charge is 0.379 e. The molecule has 0 N–H and O–H groups in total. The van der Waals surface area contributed by atoms with Crippen LogP contribution in [0.25, 0.3) is 0 Å². The Morgan fingerprint density at radius 3 is 0.829 bits per heavy atom. The van der Waals surface area contributed by atoms with Crippen LogP contribution in [0.2, 0.25) is 0 Å². The van der Waals surface area contributed by atoms with Gasteiger partial charge in [0.2, 0.25) is 0 Å². The van der Waals surface area contributed by atoms with Crippen molar-refractivity contribution in [2.24, 2.45) is 0 Å². The van der Waals surface area contributed by atoms with Gasteiger partial charge in [0.15, 0.2) is 0 Å². The third-order valence-corrected chi connectivity index (χ3v) is 5.84. The molecule has 0 aliphatic rings. The fourth-order valence-electron chi connectivity index (χ4n) is 2.98. The lowest BCUT2D eigenvalue weighted by molar-refractivity contribution is -0.0272. The molecule has 0 radical (unpaired) electrons. The maximum atomic E-state index is 5.55. The summed E-state index contributed by atoms with van der Waals surface area (Å²) in [5.74, 6) is 2.40. The number of alkyl halides is 1. The molecular formula is C29H55IO11. The Hall–Kier alpha value is -0.150. The second-order valence-corrected chi connectivity index (χ2v) is 9.56. The highest BCUT2D eigenvalue weighted by Gasteiger charge is 1.96. The van der Waals surface area contributed by atoms with Gasteiger partial charge in [-0.2, -0.15) is 0 Å². The fourth-order valence-corrected chi connectivity index (χ4v) is 3.52. The smallest absolute Gasteiger partial charge is 0.107 e. The number of terminal acetylenes is 1. The van der Waals surface area contributed by atoms with E-state index >= 15 is 0 Å². The van der Waals surface area contributed by atoms with Crippen molar-refractivity contribution in [2.45, 2.75) is 25.7 Å². The lowest BCUT2D eigenvalue weighted by Crippen LogP contribution is -2.15. The van der Waals surface area contributed by atoms with E-state index in [0.29, 0.717) is 139 Å². The zero-order valence-electron chi connectivity index (χ0n) is 25.0. The molecule has 0 unspecified atom stereocenters. The fraction of sp³-hybridized carbons (Fsp3) is 0.931. The van der Waals surface area contributed by atoms with E-state index in [1.165, 1.54) is 23.7 Å². The van der Waals surface area contributed by atoms with E-state index < -0.39 is 0 Å². The summed E-state index contributed by atoms with van der Waals surface area (Å²) < 4.78 is 60.9. The standard InChI is InChI=1S/C29H55IO11/c1-2-8-31-10-12-33-14-16-35-18-20-37-22-24-39-26-28-41-29-27-40-25-23-38-21-19-36-17-15-34-13-11-32-9-6-4-3-5-7-30/h1H,3-29H2. The molecule has 0 saturated heterocycles. The van der Waals surface area contributed by atoms with Crippen LogP contribution < -0.4 is 0 Å². The molecule has 0 aromatic rings. The Balaban J connectivity index is 3.02. The maximum Gasteiger partial charge on any atom is 0.107 e. The molecular weight excluding hydrogens is 651 g/mol. The molecule has 11 nitrogen and oxygen atoms in total. The lowest BCUT2D eigenvalue weighted by Gasteiger charge is -2.09. The summed E-state index contributed by atoms with van der Waals surface area (Å²) in [4.78, 5) is 0. The van der Waals surface area contributed by atoms with Gasteiger partial charge in [-0.25, -0.2) is 0 Å². The van der Waals surface area contributed by atoms with E-state index in [1.54, 1.807) is 0 Å². The molecule has 0 atom stereocenters. The van der Waals surface area contributed by atoms with Gasteiger partial charge >= 0.3 is 0 Å². The zero-order valence-corrected chi connectivity index (χ0v) is 27.2. The molecule has 0 heterocycles. The van der Waals surface area contributed by atoms with Crippen molar-refractivity contribution in [1.82, 2.24) is 0 Å². The van der Waals surface area contributed by atoms with Crippen LogP contribution in [0, 0.1) is 12.3 Å². The molecule has 0 aromatic heterocycles. The van der Waals surface area contributed by atoms with Crippen LogP contribution in [0.5, 0.6) is 0 Å². The van der Waals surface area contributed by atoms with Crippen molar-refractivity contribution in [3.63, 3.8) is 0 Å². The van der Waals surface area contributed by atoms with Gasteiger partial charge in [-0.3, -0.25) is 0 Å². The minimum atomic E-state index is 0.311. The van der Waals surface area contributed by atoms with Crippen LogP contribution in [0.1, 0.15) is 25.7 Å². The van der Waals surface area contributed by atoms with E-state index in [9.17, 15) is 0 Å². The molecule has 244 valence electrons. The van der Waals surface area contributed by atoms with Crippen molar-refractivity contribution < 1.29 is 52.1 Å². The van der Waals surface area contributed by atoms with Crippen LogP contribution in [0.4, 0.5) is 0 Å². The minimum Gasteiger partial charge on any atom is -0.379 e. The quantitative estimate of drug-likeness (QED) is 0.0413. The second-order valence-electron chi connectivity index (χ2n) is 8.48. The summed E-state index contributed by atoms with van der Waals surface area (Å²) in [6.07, 6.45) is 10.1. The molecule has 0 saturated carbocycles. The summed E-state index contributed by atoms with van der Waals surface area (Å²) in [5.41, 5.74) is 0. The summed E-state index contributed by atoms with van der Waals surface area (Å²) in [5, 5.41) is 0. The van der Waals surface area contributed by atoms with Crippen molar-refractivity contribution in [1.29, 1.82) is 0 Å². The minimum absolute atomic E-state index is 0.311. The second kappa shape index (κ2) is 39.8. The highest BCUT2D eigenvalue weighted by Crippen LogP contribution is 2.02. The molecule has 12 heteroatoms. The molecule has 41 heavy (non-hydrogen) atoms. The molecule has 0 spiro atoms. The summed E-state index contributed by atoms with van der Waals surface area (Å²) >= 11 is 2.42. The first-order valence-electron chi connectivity index (χ1n) is 14.8. The first kappa shape index (κ1) is 40.9. The number of hydrogen-bond donors (Lipinski definition) is 0. The van der Waals surface area contributed by atoms with Crippen molar-refractivity contribution in [2.75, 3.05) is 150 Å². The zero-order chi connectivity index (χ0) is 29.6. The Morgan fingerprint density at radius 2 is 0.561 bits per heavy atom. The van der Waals surface area contributed by atoms with Gasteiger partial charge in [-0.05, 0) is 17.3 Å². The van der Waals surface area contributed by atoms with Crippen LogP contribution in [-0.4, -0.2) is 150 Å². The normalized spacial score (nSPS) is 11.3. The Labute approximate surface area is 261 Å². The van der Waals surface area contributed by atoms with E-state index in [1.807, 2.05) is 0 Å². The van der Waals surface area contributed by atoms with Crippen molar-refractivity contribution in [3.05, 3.63) is 0 Å². The monoisotopic (exact) mass is 706 g/mol. The average Bonchev–Trinajstić information content (AvgIpc) is 2.98. The molecule has 0 aliphatic heterocycles. The van der Waals surface area contributed by atoms with Gasteiger partial charge < -0.3 is 52.1 Å². The Bertz CT molecular complexity index is 512. The number of hydrogen-bond acceptors (Lipinski definition) is 11. The third kappa shape index (κ3) is 39.9. The van der Waals surface area contributed by atoms with Gasteiger partial charge in [-0.15, -0.1) is 6.42 Å². The summed E-state index contributed by atoms with van der Waals surface area (Å²) in [7, 11) is 0. The molecule has 0 aliphatic carbocycles. The predicted octanol–water partition coefficient (Wildman–Crippen LogP) is 2.80. The third-order valence-electron chi connectivity index (χ3n) is 5.08. The maximum absolute atomic E-state index is 5.55. The first-order chi connectivity index (χ1) is 20.4. The van der Waals surface area contributed by atoms with Gasteiger partial charge in [0, 0.05) is 6.61 Å². The van der Waals surface area contributed by atoms with E-state index in [0.717, 1.165) is 13.0 Å². The van der Waals surface area contributed by atoms with Crippen LogP contribution in [-0.2, 0) is 52.1 Å². The van der Waals surface area contributed by atoms with Gasteiger partial charge in [-0.1, -0.05) is 41.4 Å². The Morgan fingerprint density at radius 1 is 0.317 bits per heavy atom. The van der Waals surface area contributed by atoms with E-state index in [4.69, 9.17) is 58.5 Å². The van der Waals surface area contributed by atoms with Crippen LogP contribution in [0.15, 0.2) is 0 Å².